The highest BCUT2D eigenvalue weighted by Gasteiger charge is 2.08. The van der Waals surface area contributed by atoms with Gasteiger partial charge in [-0.15, -0.1) is 0 Å². The molecule has 7 heteroatoms. The molecule has 0 aliphatic carbocycles. The van der Waals surface area contributed by atoms with Gasteiger partial charge in [-0.3, -0.25) is 9.48 Å². The molecule has 0 bridgehead atoms. The van der Waals surface area contributed by atoms with E-state index in [0.717, 1.165) is 15.6 Å². The molecule has 0 aliphatic heterocycles. The Morgan fingerprint density at radius 2 is 2.04 bits per heavy atom. The Kier molecular flexibility index (Phi) is 5.63. The maximum absolute atomic E-state index is 12.1. The van der Waals surface area contributed by atoms with Crippen molar-refractivity contribution in [2.45, 2.75) is 6.54 Å². The van der Waals surface area contributed by atoms with E-state index in [0.29, 0.717) is 17.3 Å². The Hall–Kier alpha value is -2.44. The minimum Gasteiger partial charge on any atom is -0.268 e. The normalized spacial score (nSPS) is 11.0. The van der Waals surface area contributed by atoms with Crippen LogP contribution in [-0.4, -0.2) is 21.9 Å². The molecule has 0 unspecified atom stereocenters. The average molecular weight is 418 g/mol. The highest BCUT2D eigenvalue weighted by atomic mass is 79.9. The van der Waals surface area contributed by atoms with E-state index in [1.807, 2.05) is 36.4 Å². The second-order valence-electron chi connectivity index (χ2n) is 5.28. The number of hydrogen-bond acceptors (Lipinski definition) is 3. The molecule has 1 N–H and O–H groups in total. The molecule has 0 saturated heterocycles. The van der Waals surface area contributed by atoms with Gasteiger partial charge >= 0.3 is 0 Å². The molecule has 5 nitrogen and oxygen atoms in total. The zero-order valence-electron chi connectivity index (χ0n) is 13.1. The van der Waals surface area contributed by atoms with Crippen LogP contribution in [0.2, 0.25) is 5.02 Å². The summed E-state index contributed by atoms with van der Waals surface area (Å²) >= 11 is 9.26. The molecule has 2 aromatic carbocycles. The largest absolute Gasteiger partial charge is 0.291 e. The molecule has 0 radical (unpaired) electrons. The Morgan fingerprint density at radius 1 is 1.24 bits per heavy atom. The van der Waals surface area contributed by atoms with Gasteiger partial charge in [0.2, 0.25) is 0 Å². The number of nitrogens with one attached hydrogen (secondary N) is 1. The van der Waals surface area contributed by atoms with Gasteiger partial charge in [-0.1, -0.05) is 51.8 Å². The number of carbonyl (C=O) groups is 1. The Bertz CT molecular complexity index is 905. The predicted octanol–water partition coefficient (Wildman–Crippen LogP) is 4.11. The van der Waals surface area contributed by atoms with E-state index in [2.05, 4.69) is 31.6 Å². The molecule has 0 atom stereocenters. The first kappa shape index (κ1) is 17.4. The Morgan fingerprint density at radius 3 is 2.80 bits per heavy atom. The minimum atomic E-state index is -0.363. The van der Waals surface area contributed by atoms with Crippen molar-refractivity contribution in [1.29, 1.82) is 0 Å². The lowest BCUT2D eigenvalue weighted by Crippen LogP contribution is -2.18. The number of amides is 1. The topological polar surface area (TPSA) is 59.3 Å². The summed E-state index contributed by atoms with van der Waals surface area (Å²) in [5.74, 6) is -0.363. The molecule has 25 heavy (non-hydrogen) atoms. The average Bonchev–Trinajstić information content (AvgIpc) is 3.05. The van der Waals surface area contributed by atoms with Crippen LogP contribution in [0.1, 0.15) is 21.6 Å². The molecule has 1 aromatic heterocycles. The molecule has 0 saturated carbocycles. The second kappa shape index (κ2) is 8.09. The third-order valence-corrected chi connectivity index (χ3v) is 4.10. The molecular weight excluding hydrogens is 404 g/mol. The molecule has 0 aliphatic rings. The van der Waals surface area contributed by atoms with Crippen LogP contribution in [0.25, 0.3) is 0 Å². The van der Waals surface area contributed by atoms with Gasteiger partial charge in [-0.25, -0.2) is 5.43 Å². The maximum Gasteiger partial charge on any atom is 0.291 e. The van der Waals surface area contributed by atoms with Crippen molar-refractivity contribution in [2.75, 3.05) is 0 Å². The summed E-state index contributed by atoms with van der Waals surface area (Å²) in [5.41, 5.74) is 4.70. The lowest BCUT2D eigenvalue weighted by molar-refractivity contribution is 0.0949. The van der Waals surface area contributed by atoms with Crippen LogP contribution in [0.4, 0.5) is 0 Å². The van der Waals surface area contributed by atoms with Gasteiger partial charge in [0, 0.05) is 15.7 Å². The van der Waals surface area contributed by atoms with E-state index >= 15 is 0 Å². The van der Waals surface area contributed by atoms with Crippen LogP contribution < -0.4 is 5.43 Å². The Balaban J connectivity index is 1.59. The number of hydrogen-bond donors (Lipinski definition) is 1. The van der Waals surface area contributed by atoms with Crippen LogP contribution in [0, 0.1) is 0 Å². The SMILES string of the molecule is O=C(N/N=C/c1ccc(Cl)cc1)c1ccn(Cc2cccc(Br)c2)n1. The van der Waals surface area contributed by atoms with E-state index in [9.17, 15) is 4.79 Å². The smallest absolute Gasteiger partial charge is 0.268 e. The third-order valence-electron chi connectivity index (χ3n) is 3.36. The molecule has 1 amide bonds. The molecule has 3 aromatic rings. The Labute approximate surface area is 158 Å². The highest BCUT2D eigenvalue weighted by molar-refractivity contribution is 9.10. The monoisotopic (exact) mass is 416 g/mol. The van der Waals surface area contributed by atoms with Crippen molar-refractivity contribution in [3.8, 4) is 0 Å². The van der Waals surface area contributed by atoms with E-state index in [4.69, 9.17) is 11.6 Å². The summed E-state index contributed by atoms with van der Waals surface area (Å²) in [6.45, 7) is 0.584. The molecular formula is C18H14BrClN4O. The first-order valence-electron chi connectivity index (χ1n) is 7.47. The summed E-state index contributed by atoms with van der Waals surface area (Å²) in [6.07, 6.45) is 3.31. The molecule has 1 heterocycles. The molecule has 126 valence electrons. The van der Waals surface area contributed by atoms with E-state index < -0.39 is 0 Å². The van der Waals surface area contributed by atoms with Crippen LogP contribution in [0.15, 0.2) is 70.4 Å². The molecule has 3 rings (SSSR count). The number of halogens is 2. The number of aromatic nitrogens is 2. The van der Waals surface area contributed by atoms with Gasteiger partial charge < -0.3 is 0 Å². The van der Waals surface area contributed by atoms with Gasteiger partial charge in [0.15, 0.2) is 5.69 Å². The number of benzene rings is 2. The third kappa shape index (κ3) is 5.01. The van der Waals surface area contributed by atoms with Crippen molar-refractivity contribution in [3.63, 3.8) is 0 Å². The number of rotatable bonds is 5. The maximum atomic E-state index is 12.1. The molecule has 0 fully saturated rings. The second-order valence-corrected chi connectivity index (χ2v) is 6.63. The van der Waals surface area contributed by atoms with E-state index in [-0.39, 0.29) is 5.91 Å². The van der Waals surface area contributed by atoms with Gasteiger partial charge in [0.1, 0.15) is 0 Å². The first-order valence-corrected chi connectivity index (χ1v) is 8.64. The molecule has 0 spiro atoms. The van der Waals surface area contributed by atoms with E-state index in [1.54, 1.807) is 35.3 Å². The fourth-order valence-corrected chi connectivity index (χ4v) is 2.74. The van der Waals surface area contributed by atoms with Gasteiger partial charge in [-0.2, -0.15) is 10.2 Å². The van der Waals surface area contributed by atoms with Crippen molar-refractivity contribution in [1.82, 2.24) is 15.2 Å². The van der Waals surface area contributed by atoms with Crippen LogP contribution >= 0.6 is 27.5 Å². The number of carbonyl (C=O) groups excluding carboxylic acids is 1. The first-order chi connectivity index (χ1) is 12.1. The van der Waals surface area contributed by atoms with E-state index in [1.165, 1.54) is 0 Å². The lowest BCUT2D eigenvalue weighted by Gasteiger charge is -2.02. The van der Waals surface area contributed by atoms with Gasteiger partial charge in [-0.05, 0) is 41.5 Å². The number of nitrogens with zero attached hydrogens (tertiary/aromatic N) is 3. The standard InChI is InChI=1S/C18H14BrClN4O/c19-15-3-1-2-14(10-15)12-24-9-8-17(23-24)18(25)22-21-11-13-4-6-16(20)7-5-13/h1-11H,12H2,(H,22,25)/b21-11+. The van der Waals surface area contributed by atoms with Crippen LogP contribution in [0.3, 0.4) is 0 Å². The number of hydrazone groups is 1. The fraction of sp³-hybridized carbons (Fsp3) is 0.0556. The summed E-state index contributed by atoms with van der Waals surface area (Å²) in [6, 6.07) is 16.7. The fourth-order valence-electron chi connectivity index (χ4n) is 2.16. The minimum absolute atomic E-state index is 0.309. The van der Waals surface area contributed by atoms with Gasteiger partial charge in [0.05, 0.1) is 12.8 Å². The predicted molar refractivity (Wildman–Crippen MR) is 102 cm³/mol. The zero-order valence-corrected chi connectivity index (χ0v) is 15.4. The lowest BCUT2D eigenvalue weighted by atomic mass is 10.2. The van der Waals surface area contributed by atoms with Gasteiger partial charge in [0.25, 0.3) is 5.91 Å². The summed E-state index contributed by atoms with van der Waals surface area (Å²) < 4.78 is 2.71. The summed E-state index contributed by atoms with van der Waals surface area (Å²) in [7, 11) is 0. The summed E-state index contributed by atoms with van der Waals surface area (Å²) in [5, 5.41) is 8.85. The van der Waals surface area contributed by atoms with Crippen molar-refractivity contribution in [3.05, 3.63) is 87.1 Å². The van der Waals surface area contributed by atoms with Crippen LogP contribution in [-0.2, 0) is 6.54 Å². The van der Waals surface area contributed by atoms with Crippen molar-refractivity contribution in [2.24, 2.45) is 5.10 Å². The van der Waals surface area contributed by atoms with Crippen LogP contribution in [0.5, 0.6) is 0 Å². The highest BCUT2D eigenvalue weighted by Crippen LogP contribution is 2.12. The zero-order chi connectivity index (χ0) is 17.6. The quantitative estimate of drug-likeness (QED) is 0.502. The summed E-state index contributed by atoms with van der Waals surface area (Å²) in [4.78, 5) is 12.1. The van der Waals surface area contributed by atoms with Crippen molar-refractivity contribution >= 4 is 39.7 Å². The van der Waals surface area contributed by atoms with Crippen molar-refractivity contribution < 1.29 is 4.79 Å².